The third-order valence-corrected chi connectivity index (χ3v) is 3.75. The van der Waals surface area contributed by atoms with Crippen LogP contribution < -0.4 is 0 Å². The van der Waals surface area contributed by atoms with Gasteiger partial charge in [-0.2, -0.15) is 8.42 Å². The summed E-state index contributed by atoms with van der Waals surface area (Å²) in [5.41, 5.74) is 0.292. The minimum Gasteiger partial charge on any atom is -0.282 e. The lowest BCUT2D eigenvalue weighted by molar-refractivity contribution is 0.484. The number of nitrogens with zero attached hydrogens (tertiary/aromatic N) is 1. The Hall–Kier alpha value is -1.24. The number of hydrogen-bond acceptors (Lipinski definition) is 4. The van der Waals surface area contributed by atoms with Crippen molar-refractivity contribution in [1.82, 2.24) is 4.98 Å². The van der Waals surface area contributed by atoms with Crippen LogP contribution in [-0.4, -0.2) is 18.0 Å². The van der Waals surface area contributed by atoms with Gasteiger partial charge in [0.2, 0.25) is 0 Å². The summed E-state index contributed by atoms with van der Waals surface area (Å²) in [4.78, 5) is 3.90. The average Bonchev–Trinajstić information content (AvgIpc) is 2.57. The first-order valence-corrected chi connectivity index (χ1v) is 6.27. The number of aromatic nitrogens is 1. The maximum absolute atomic E-state index is 11.0. The topological polar surface area (TPSA) is 67.3 Å². The molecule has 1 heterocycles. The molecule has 1 aromatic carbocycles. The Morgan fingerprint density at radius 3 is 2.80 bits per heavy atom. The predicted octanol–water partition coefficient (Wildman–Crippen LogP) is 2.19. The molecule has 1 N–H and O–H groups in total. The molecule has 0 amide bonds. The molecule has 15 heavy (non-hydrogen) atoms. The van der Waals surface area contributed by atoms with Gasteiger partial charge in [0.1, 0.15) is 15.4 Å². The number of rotatable bonds is 2. The highest BCUT2D eigenvalue weighted by Crippen LogP contribution is 2.27. The van der Waals surface area contributed by atoms with Gasteiger partial charge in [0.15, 0.2) is 0 Å². The van der Waals surface area contributed by atoms with Gasteiger partial charge in [0.25, 0.3) is 10.1 Å². The fourth-order valence-corrected chi connectivity index (χ4v) is 2.80. The minimum atomic E-state index is -4.21. The van der Waals surface area contributed by atoms with Crippen molar-refractivity contribution in [3.8, 4) is 0 Å². The van der Waals surface area contributed by atoms with Crippen LogP contribution in [0, 0.1) is 0 Å². The average molecular weight is 241 g/mol. The van der Waals surface area contributed by atoms with Crippen molar-refractivity contribution in [2.75, 3.05) is 0 Å². The summed E-state index contributed by atoms with van der Waals surface area (Å²) < 4.78 is 31.8. The molecule has 0 aliphatic carbocycles. The van der Waals surface area contributed by atoms with E-state index in [0.29, 0.717) is 15.2 Å². The predicted molar refractivity (Wildman–Crippen MR) is 59.5 cm³/mol. The minimum absolute atomic E-state index is 0.163. The van der Waals surface area contributed by atoms with Gasteiger partial charge in [0.05, 0.1) is 4.70 Å². The lowest BCUT2D eigenvalue weighted by atomic mass is 10.3. The Kier molecular flexibility index (Phi) is 2.34. The fraction of sp³-hybridized carbons (Fsp3) is 0. The monoisotopic (exact) mass is 241 g/mol. The third kappa shape index (κ3) is 1.79. The molecule has 0 bridgehead atoms. The highest BCUT2D eigenvalue weighted by molar-refractivity contribution is 7.86. The summed E-state index contributed by atoms with van der Waals surface area (Å²) >= 11 is 1.32. The molecule has 0 radical (unpaired) electrons. The van der Waals surface area contributed by atoms with Crippen molar-refractivity contribution in [3.63, 3.8) is 0 Å². The first-order valence-electron chi connectivity index (χ1n) is 4.02. The van der Waals surface area contributed by atoms with Crippen LogP contribution in [0.1, 0.15) is 5.01 Å². The third-order valence-electron chi connectivity index (χ3n) is 1.85. The molecule has 0 aliphatic heterocycles. The molecule has 0 saturated heterocycles. The molecule has 0 spiro atoms. The second-order valence-electron chi connectivity index (χ2n) is 2.83. The van der Waals surface area contributed by atoms with Gasteiger partial charge in [-0.05, 0) is 18.2 Å². The van der Waals surface area contributed by atoms with E-state index in [2.05, 4.69) is 11.6 Å². The van der Waals surface area contributed by atoms with Crippen LogP contribution in [0.4, 0.5) is 0 Å². The summed E-state index contributed by atoms with van der Waals surface area (Å²) in [6.07, 6.45) is 1.54. The van der Waals surface area contributed by atoms with Crippen LogP contribution >= 0.6 is 11.3 Å². The summed E-state index contributed by atoms with van der Waals surface area (Å²) in [5.74, 6) is 0. The second kappa shape index (κ2) is 3.41. The molecule has 0 unspecified atom stereocenters. The highest BCUT2D eigenvalue weighted by Gasteiger charge is 2.16. The highest BCUT2D eigenvalue weighted by atomic mass is 32.2. The van der Waals surface area contributed by atoms with E-state index in [1.807, 2.05) is 0 Å². The summed E-state index contributed by atoms with van der Waals surface area (Å²) in [7, 11) is -4.21. The Labute approximate surface area is 90.6 Å². The molecular weight excluding hydrogens is 234 g/mol. The normalized spacial score (nSPS) is 11.8. The molecular formula is C9H7NO3S2. The fourth-order valence-electron chi connectivity index (χ4n) is 1.24. The van der Waals surface area contributed by atoms with Crippen molar-refractivity contribution >= 4 is 37.7 Å². The van der Waals surface area contributed by atoms with Crippen molar-refractivity contribution in [1.29, 1.82) is 0 Å². The van der Waals surface area contributed by atoms with E-state index >= 15 is 0 Å². The molecule has 2 aromatic rings. The van der Waals surface area contributed by atoms with Crippen LogP contribution in [-0.2, 0) is 10.1 Å². The van der Waals surface area contributed by atoms with Crippen molar-refractivity contribution in [2.45, 2.75) is 4.90 Å². The summed E-state index contributed by atoms with van der Waals surface area (Å²) in [6, 6.07) is 4.63. The number of para-hydroxylation sites is 1. The zero-order valence-electron chi connectivity index (χ0n) is 7.54. The van der Waals surface area contributed by atoms with E-state index in [4.69, 9.17) is 4.55 Å². The molecule has 78 valence electrons. The molecule has 0 fully saturated rings. The van der Waals surface area contributed by atoms with E-state index in [1.165, 1.54) is 17.4 Å². The lowest BCUT2D eigenvalue weighted by Gasteiger charge is -1.96. The van der Waals surface area contributed by atoms with Crippen LogP contribution in [0.3, 0.4) is 0 Å². The van der Waals surface area contributed by atoms with Gasteiger partial charge in [-0.25, -0.2) is 4.98 Å². The first-order chi connectivity index (χ1) is 7.02. The van der Waals surface area contributed by atoms with E-state index < -0.39 is 10.1 Å². The summed E-state index contributed by atoms with van der Waals surface area (Å²) in [5, 5.41) is 0.626. The largest absolute Gasteiger partial charge is 0.296 e. The van der Waals surface area contributed by atoms with Crippen molar-refractivity contribution in [3.05, 3.63) is 29.8 Å². The van der Waals surface area contributed by atoms with E-state index in [0.717, 1.165) is 0 Å². The Balaban J connectivity index is 2.87. The van der Waals surface area contributed by atoms with E-state index in [-0.39, 0.29) is 4.90 Å². The van der Waals surface area contributed by atoms with Crippen LogP contribution in [0.5, 0.6) is 0 Å². The summed E-state index contributed by atoms with van der Waals surface area (Å²) in [6.45, 7) is 3.55. The van der Waals surface area contributed by atoms with E-state index in [1.54, 1.807) is 18.2 Å². The molecule has 0 atom stereocenters. The number of thiazole rings is 1. The smallest absolute Gasteiger partial charge is 0.282 e. The Bertz CT molecular complexity index is 628. The van der Waals surface area contributed by atoms with E-state index in [9.17, 15) is 8.42 Å². The maximum Gasteiger partial charge on any atom is 0.296 e. The molecule has 6 heteroatoms. The Morgan fingerprint density at radius 2 is 2.20 bits per heavy atom. The van der Waals surface area contributed by atoms with Gasteiger partial charge >= 0.3 is 0 Å². The van der Waals surface area contributed by atoms with Crippen molar-refractivity contribution < 1.29 is 13.0 Å². The van der Waals surface area contributed by atoms with Gasteiger partial charge in [-0.1, -0.05) is 12.6 Å². The Morgan fingerprint density at radius 1 is 1.47 bits per heavy atom. The number of benzene rings is 1. The van der Waals surface area contributed by atoms with Gasteiger partial charge < -0.3 is 0 Å². The SMILES string of the molecule is C=Cc1nc2c(S(=O)(=O)O)cccc2s1. The second-order valence-corrected chi connectivity index (χ2v) is 5.29. The van der Waals surface area contributed by atoms with Crippen LogP contribution in [0.15, 0.2) is 29.7 Å². The molecule has 1 aromatic heterocycles. The van der Waals surface area contributed by atoms with Gasteiger partial charge in [-0.3, -0.25) is 4.55 Å². The molecule has 0 saturated carbocycles. The van der Waals surface area contributed by atoms with Gasteiger partial charge in [-0.15, -0.1) is 11.3 Å². The quantitative estimate of drug-likeness (QED) is 0.818. The van der Waals surface area contributed by atoms with Gasteiger partial charge in [0, 0.05) is 0 Å². The lowest BCUT2D eigenvalue weighted by Crippen LogP contribution is -1.98. The van der Waals surface area contributed by atoms with Crippen molar-refractivity contribution in [2.24, 2.45) is 0 Å². The number of fused-ring (bicyclic) bond motifs is 1. The zero-order valence-corrected chi connectivity index (χ0v) is 9.18. The standard InChI is InChI=1S/C9H7NO3S2/c1-2-8-10-9-6(14-8)4-3-5-7(9)15(11,12)13/h2-5H,1H2,(H,11,12,13). The molecule has 0 aliphatic rings. The molecule has 2 rings (SSSR count). The van der Waals surface area contributed by atoms with Crippen LogP contribution in [0.2, 0.25) is 0 Å². The zero-order chi connectivity index (χ0) is 11.1. The maximum atomic E-state index is 11.0. The van der Waals surface area contributed by atoms with Crippen LogP contribution in [0.25, 0.3) is 16.3 Å². The first kappa shape index (κ1) is 10.3. The number of hydrogen-bond donors (Lipinski definition) is 1. The molecule has 4 nitrogen and oxygen atoms in total.